The van der Waals surface area contributed by atoms with Gasteiger partial charge >= 0.3 is 0 Å². The SMILES string of the molecule is CCCCNC(=O)C(CC)N(Cc1c(Cl)cccc1Cl)C(=O)COc1ccc(Cl)cc1Cl. The smallest absolute Gasteiger partial charge is 0.261 e. The minimum absolute atomic E-state index is 0.0642. The second-order valence-corrected chi connectivity index (χ2v) is 8.81. The molecule has 32 heavy (non-hydrogen) atoms. The molecule has 0 fully saturated rings. The van der Waals surface area contributed by atoms with Gasteiger partial charge in [-0.05, 0) is 43.2 Å². The number of nitrogens with zero attached hydrogens (tertiary/aromatic N) is 1. The molecule has 0 aliphatic carbocycles. The normalized spacial score (nSPS) is 11.7. The minimum Gasteiger partial charge on any atom is -0.482 e. The highest BCUT2D eigenvalue weighted by atomic mass is 35.5. The number of carbonyl (C=O) groups excluding carboxylic acids is 2. The lowest BCUT2D eigenvalue weighted by Gasteiger charge is -2.31. The zero-order valence-electron chi connectivity index (χ0n) is 18.0. The van der Waals surface area contributed by atoms with E-state index >= 15 is 0 Å². The lowest BCUT2D eigenvalue weighted by Crippen LogP contribution is -2.50. The van der Waals surface area contributed by atoms with Gasteiger partial charge in [-0.25, -0.2) is 0 Å². The van der Waals surface area contributed by atoms with E-state index in [0.717, 1.165) is 12.8 Å². The molecule has 0 spiro atoms. The van der Waals surface area contributed by atoms with Crippen LogP contribution in [0.25, 0.3) is 0 Å². The van der Waals surface area contributed by atoms with E-state index in [1.807, 2.05) is 13.8 Å². The molecule has 9 heteroatoms. The van der Waals surface area contributed by atoms with Gasteiger partial charge in [-0.2, -0.15) is 0 Å². The fraction of sp³-hybridized carbons (Fsp3) is 0.391. The molecule has 0 aromatic heterocycles. The molecule has 2 aromatic rings. The fourth-order valence-electron chi connectivity index (χ4n) is 3.09. The Morgan fingerprint density at radius 2 is 1.72 bits per heavy atom. The third kappa shape index (κ3) is 7.45. The fourth-order valence-corrected chi connectivity index (χ4v) is 4.07. The van der Waals surface area contributed by atoms with Gasteiger partial charge in [0, 0.05) is 33.7 Å². The van der Waals surface area contributed by atoms with E-state index in [0.29, 0.717) is 39.3 Å². The molecular weight excluding hydrogens is 494 g/mol. The van der Waals surface area contributed by atoms with Crippen LogP contribution in [0.5, 0.6) is 5.75 Å². The van der Waals surface area contributed by atoms with Gasteiger partial charge in [0.15, 0.2) is 6.61 Å². The average molecular weight is 520 g/mol. The highest BCUT2D eigenvalue weighted by Crippen LogP contribution is 2.29. The first-order chi connectivity index (χ1) is 15.3. The van der Waals surface area contributed by atoms with Crippen molar-refractivity contribution in [2.45, 2.75) is 45.7 Å². The number of rotatable bonds is 11. The van der Waals surface area contributed by atoms with Crippen molar-refractivity contribution in [1.82, 2.24) is 10.2 Å². The molecule has 2 aromatic carbocycles. The van der Waals surface area contributed by atoms with Crippen molar-refractivity contribution in [3.8, 4) is 5.75 Å². The predicted octanol–water partition coefficient (Wildman–Crippen LogP) is 6.40. The molecule has 2 amide bonds. The molecule has 0 aliphatic rings. The van der Waals surface area contributed by atoms with Crippen LogP contribution in [-0.2, 0) is 16.1 Å². The second kappa shape index (κ2) is 13.1. The molecule has 0 saturated carbocycles. The maximum Gasteiger partial charge on any atom is 0.261 e. The summed E-state index contributed by atoms with van der Waals surface area (Å²) in [6.07, 6.45) is 2.21. The summed E-state index contributed by atoms with van der Waals surface area (Å²) in [5.41, 5.74) is 0.563. The van der Waals surface area contributed by atoms with E-state index in [4.69, 9.17) is 51.1 Å². The Morgan fingerprint density at radius 1 is 1.03 bits per heavy atom. The van der Waals surface area contributed by atoms with Crippen molar-refractivity contribution in [2.75, 3.05) is 13.2 Å². The number of ether oxygens (including phenoxy) is 1. The summed E-state index contributed by atoms with van der Waals surface area (Å²) in [6, 6.07) is 9.12. The number of halogens is 4. The molecule has 0 bridgehead atoms. The standard InChI is InChI=1S/C23H26Cl4N2O3/c1-3-5-11-28-23(31)20(4-2)29(13-16-17(25)7-6-8-18(16)26)22(30)14-32-21-10-9-15(24)12-19(21)27/h6-10,12,20H,3-5,11,13-14H2,1-2H3,(H,28,31). The molecule has 0 aliphatic heterocycles. The minimum atomic E-state index is -0.712. The summed E-state index contributed by atoms with van der Waals surface area (Å²) in [4.78, 5) is 27.5. The zero-order chi connectivity index (χ0) is 23.7. The first-order valence-corrected chi connectivity index (χ1v) is 11.9. The van der Waals surface area contributed by atoms with Crippen LogP contribution in [0.15, 0.2) is 36.4 Å². The summed E-state index contributed by atoms with van der Waals surface area (Å²) in [7, 11) is 0. The Kier molecular flexibility index (Phi) is 10.9. The third-order valence-electron chi connectivity index (χ3n) is 4.85. The molecule has 1 unspecified atom stereocenters. The van der Waals surface area contributed by atoms with E-state index in [9.17, 15) is 9.59 Å². The lowest BCUT2D eigenvalue weighted by atomic mass is 10.1. The molecule has 5 nitrogen and oxygen atoms in total. The van der Waals surface area contributed by atoms with E-state index in [1.54, 1.807) is 30.3 Å². The number of benzene rings is 2. The van der Waals surface area contributed by atoms with Crippen molar-refractivity contribution < 1.29 is 14.3 Å². The van der Waals surface area contributed by atoms with E-state index < -0.39 is 11.9 Å². The highest BCUT2D eigenvalue weighted by Gasteiger charge is 2.30. The maximum atomic E-state index is 13.2. The van der Waals surface area contributed by atoms with Crippen molar-refractivity contribution in [2.24, 2.45) is 0 Å². The lowest BCUT2D eigenvalue weighted by molar-refractivity contribution is -0.143. The molecule has 1 N–H and O–H groups in total. The van der Waals surface area contributed by atoms with Crippen LogP contribution >= 0.6 is 46.4 Å². The maximum absolute atomic E-state index is 13.2. The molecular formula is C23H26Cl4N2O3. The Balaban J connectivity index is 2.26. The van der Waals surface area contributed by atoms with E-state index in [-0.39, 0.29) is 24.1 Å². The first-order valence-electron chi connectivity index (χ1n) is 10.4. The number of nitrogens with one attached hydrogen (secondary N) is 1. The van der Waals surface area contributed by atoms with Crippen molar-refractivity contribution in [1.29, 1.82) is 0 Å². The van der Waals surface area contributed by atoms with Crippen LogP contribution < -0.4 is 10.1 Å². The predicted molar refractivity (Wildman–Crippen MR) is 131 cm³/mol. The van der Waals surface area contributed by atoms with Crippen LogP contribution in [-0.4, -0.2) is 35.9 Å². The van der Waals surface area contributed by atoms with Gasteiger partial charge < -0.3 is 15.0 Å². The van der Waals surface area contributed by atoms with Gasteiger partial charge in [-0.3, -0.25) is 9.59 Å². The Hall–Kier alpha value is -1.66. The van der Waals surface area contributed by atoms with Crippen LogP contribution in [0.1, 0.15) is 38.7 Å². The average Bonchev–Trinajstić information content (AvgIpc) is 2.75. The molecule has 0 heterocycles. The quantitative estimate of drug-likeness (QED) is 0.349. The first kappa shape index (κ1) is 26.6. The monoisotopic (exact) mass is 518 g/mol. The molecule has 0 radical (unpaired) electrons. The van der Waals surface area contributed by atoms with Crippen molar-refractivity contribution in [3.05, 3.63) is 62.1 Å². The topological polar surface area (TPSA) is 58.6 Å². The summed E-state index contributed by atoms with van der Waals surface area (Å²) in [5.74, 6) is -0.313. The summed E-state index contributed by atoms with van der Waals surface area (Å²) < 4.78 is 5.63. The molecule has 2 rings (SSSR count). The number of carbonyl (C=O) groups is 2. The van der Waals surface area contributed by atoms with Crippen LogP contribution in [0.2, 0.25) is 20.1 Å². The number of hydrogen-bond donors (Lipinski definition) is 1. The zero-order valence-corrected chi connectivity index (χ0v) is 21.0. The summed E-state index contributed by atoms with van der Waals surface area (Å²) >= 11 is 24.7. The Morgan fingerprint density at radius 3 is 2.31 bits per heavy atom. The summed E-state index contributed by atoms with van der Waals surface area (Å²) in [5, 5.41) is 4.47. The van der Waals surface area contributed by atoms with Gasteiger partial charge in [0.1, 0.15) is 11.8 Å². The highest BCUT2D eigenvalue weighted by molar-refractivity contribution is 6.36. The van der Waals surface area contributed by atoms with Crippen molar-refractivity contribution >= 4 is 58.2 Å². The van der Waals surface area contributed by atoms with Gasteiger partial charge in [0.25, 0.3) is 5.91 Å². The number of amides is 2. The van der Waals surface area contributed by atoms with Gasteiger partial charge in [0.2, 0.25) is 5.91 Å². The number of hydrogen-bond acceptors (Lipinski definition) is 3. The Labute approximate surface area is 208 Å². The molecule has 1 atom stereocenters. The van der Waals surface area contributed by atoms with Crippen molar-refractivity contribution in [3.63, 3.8) is 0 Å². The Bertz CT molecular complexity index is 919. The van der Waals surface area contributed by atoms with Gasteiger partial charge in [0.05, 0.1) is 5.02 Å². The molecule has 0 saturated heterocycles. The second-order valence-electron chi connectivity index (χ2n) is 7.15. The van der Waals surface area contributed by atoms with Gasteiger partial charge in [-0.1, -0.05) is 72.7 Å². The van der Waals surface area contributed by atoms with Gasteiger partial charge in [-0.15, -0.1) is 0 Å². The number of unbranched alkanes of at least 4 members (excludes halogenated alkanes) is 1. The van der Waals surface area contributed by atoms with Crippen LogP contribution in [0, 0.1) is 0 Å². The van der Waals surface area contributed by atoms with Crippen LogP contribution in [0.4, 0.5) is 0 Å². The van der Waals surface area contributed by atoms with E-state index in [1.165, 1.54) is 11.0 Å². The van der Waals surface area contributed by atoms with Crippen LogP contribution in [0.3, 0.4) is 0 Å². The third-order valence-corrected chi connectivity index (χ3v) is 6.09. The van der Waals surface area contributed by atoms with E-state index in [2.05, 4.69) is 5.32 Å². The molecule has 174 valence electrons. The summed E-state index contributed by atoms with van der Waals surface area (Å²) in [6.45, 7) is 4.17. The largest absolute Gasteiger partial charge is 0.482 e.